The summed E-state index contributed by atoms with van der Waals surface area (Å²) in [6.45, 7) is 1.94. The number of carbonyl (C=O) groups excluding carboxylic acids is 1. The standard InChI is InChI=1S/C30H32F6N6O2/c1-17-23-9-4-6-19(23)14-24-25(10-5-11-41(26(17)24)28(43)44-22-7-2-3-8-22)42(27-37-39-40-38-27)16-18-12-20(29(31,32)33)15-21(13-18)30(34,35)36/h12-15,22,25H,2-11,16H2,1H3,(H,37,38,39,40). The topological polar surface area (TPSA) is 87.2 Å². The van der Waals surface area contributed by atoms with Crippen LogP contribution < -0.4 is 9.80 Å². The zero-order valence-electron chi connectivity index (χ0n) is 24.1. The molecule has 1 unspecified atom stereocenters. The van der Waals surface area contributed by atoms with Crippen LogP contribution in [0.15, 0.2) is 24.3 Å². The number of carbonyl (C=O) groups is 1. The number of tetrazole rings is 1. The van der Waals surface area contributed by atoms with E-state index in [-0.39, 0.29) is 30.2 Å². The quantitative estimate of drug-likeness (QED) is 0.297. The van der Waals surface area contributed by atoms with Crippen LogP contribution in [-0.2, 0) is 36.5 Å². The third-order valence-corrected chi connectivity index (χ3v) is 8.92. The zero-order chi connectivity index (χ0) is 31.2. The molecule has 1 N–H and O–H groups in total. The Morgan fingerprint density at radius 2 is 1.68 bits per heavy atom. The minimum atomic E-state index is -4.99. The fraction of sp³-hybridized carbons (Fsp3) is 0.533. The fourth-order valence-electron chi connectivity index (χ4n) is 6.92. The summed E-state index contributed by atoms with van der Waals surface area (Å²) in [7, 11) is 0. The van der Waals surface area contributed by atoms with E-state index in [2.05, 4.69) is 20.6 Å². The number of aryl methyl sites for hydroxylation is 1. The highest BCUT2D eigenvalue weighted by molar-refractivity contribution is 5.91. The summed E-state index contributed by atoms with van der Waals surface area (Å²) in [5.41, 5.74) is 1.60. The number of amides is 1. The first kappa shape index (κ1) is 30.2. The zero-order valence-corrected chi connectivity index (χ0v) is 24.1. The summed E-state index contributed by atoms with van der Waals surface area (Å²) in [6, 6.07) is 3.00. The summed E-state index contributed by atoms with van der Waals surface area (Å²) in [5, 5.41) is 14.1. The van der Waals surface area contributed by atoms with Gasteiger partial charge in [-0.15, -0.1) is 5.10 Å². The largest absolute Gasteiger partial charge is 0.446 e. The molecule has 2 heterocycles. The van der Waals surface area contributed by atoms with Crippen molar-refractivity contribution in [1.29, 1.82) is 0 Å². The SMILES string of the molecule is Cc1c2c(cc3c1N(C(=O)OC1CCCC1)CCCC3N(Cc1cc(C(F)(F)F)cc(C(F)(F)F)c1)c1nn[nH]n1)CCC2. The first-order chi connectivity index (χ1) is 20.9. The molecule has 3 aromatic rings. The van der Waals surface area contributed by atoms with Gasteiger partial charge in [0.2, 0.25) is 0 Å². The van der Waals surface area contributed by atoms with E-state index in [1.807, 2.05) is 13.0 Å². The van der Waals surface area contributed by atoms with Gasteiger partial charge in [0.25, 0.3) is 5.95 Å². The highest BCUT2D eigenvalue weighted by Crippen LogP contribution is 2.45. The smallest absolute Gasteiger partial charge is 0.416 e. The van der Waals surface area contributed by atoms with Gasteiger partial charge in [-0.25, -0.2) is 4.79 Å². The molecule has 44 heavy (non-hydrogen) atoms. The second kappa shape index (κ2) is 11.6. The number of ether oxygens (including phenoxy) is 1. The molecular formula is C30H32F6N6O2. The van der Waals surface area contributed by atoms with E-state index in [0.29, 0.717) is 25.1 Å². The summed E-state index contributed by atoms with van der Waals surface area (Å²) in [5.74, 6) is 0.0204. The van der Waals surface area contributed by atoms with Crippen LogP contribution in [0.25, 0.3) is 0 Å². The molecule has 0 saturated heterocycles. The van der Waals surface area contributed by atoms with Crippen molar-refractivity contribution in [2.45, 2.75) is 95.8 Å². The predicted octanol–water partition coefficient (Wildman–Crippen LogP) is 7.46. The average Bonchev–Trinajstić information content (AvgIpc) is 3.74. The molecule has 2 aliphatic carbocycles. The van der Waals surface area contributed by atoms with Crippen molar-refractivity contribution in [2.75, 3.05) is 16.3 Å². The van der Waals surface area contributed by atoms with Crippen molar-refractivity contribution < 1.29 is 35.9 Å². The number of nitrogens with zero attached hydrogens (tertiary/aromatic N) is 5. The van der Waals surface area contributed by atoms with Crippen LogP contribution in [0.2, 0.25) is 0 Å². The molecule has 1 atom stereocenters. The molecule has 0 bridgehead atoms. The van der Waals surface area contributed by atoms with Crippen LogP contribution in [0.5, 0.6) is 0 Å². The Balaban J connectivity index is 1.45. The highest BCUT2D eigenvalue weighted by Gasteiger charge is 2.39. The normalized spacial score (nSPS) is 19.1. The summed E-state index contributed by atoms with van der Waals surface area (Å²) < 4.78 is 88.2. The van der Waals surface area contributed by atoms with Crippen LogP contribution >= 0.6 is 0 Å². The van der Waals surface area contributed by atoms with Crippen molar-refractivity contribution in [3.8, 4) is 0 Å². The van der Waals surface area contributed by atoms with Crippen molar-refractivity contribution >= 4 is 17.7 Å². The van der Waals surface area contributed by atoms with E-state index in [4.69, 9.17) is 4.74 Å². The van der Waals surface area contributed by atoms with Gasteiger partial charge in [-0.2, -0.15) is 31.6 Å². The van der Waals surface area contributed by atoms with E-state index in [1.54, 1.807) is 9.80 Å². The number of rotatable bonds is 5. The third-order valence-electron chi connectivity index (χ3n) is 8.92. The predicted molar refractivity (Wildman–Crippen MR) is 148 cm³/mol. The van der Waals surface area contributed by atoms with Crippen molar-refractivity contribution in [3.05, 3.63) is 63.2 Å². The van der Waals surface area contributed by atoms with Gasteiger partial charge in [0.1, 0.15) is 6.10 Å². The van der Waals surface area contributed by atoms with Gasteiger partial charge in [-0.05, 0) is 116 Å². The molecule has 2 aromatic carbocycles. The number of benzene rings is 2. The number of aromatic amines is 1. The van der Waals surface area contributed by atoms with Crippen molar-refractivity contribution in [1.82, 2.24) is 20.6 Å². The molecule has 6 rings (SSSR count). The maximum Gasteiger partial charge on any atom is 0.416 e. The van der Waals surface area contributed by atoms with Crippen LogP contribution in [0, 0.1) is 6.92 Å². The van der Waals surface area contributed by atoms with E-state index < -0.39 is 35.6 Å². The summed E-state index contributed by atoms with van der Waals surface area (Å²) >= 11 is 0. The third kappa shape index (κ3) is 5.94. The van der Waals surface area contributed by atoms with Crippen LogP contribution in [0.4, 0.5) is 42.8 Å². The number of fused-ring (bicyclic) bond motifs is 2. The van der Waals surface area contributed by atoms with Crippen LogP contribution in [0.1, 0.15) is 89.9 Å². The molecule has 1 aliphatic heterocycles. The molecule has 1 saturated carbocycles. The van der Waals surface area contributed by atoms with Gasteiger partial charge in [-0.3, -0.25) is 4.90 Å². The molecular weight excluding hydrogens is 590 g/mol. The minimum absolute atomic E-state index is 0.0204. The van der Waals surface area contributed by atoms with Crippen LogP contribution in [0.3, 0.4) is 0 Å². The number of alkyl halides is 6. The average molecular weight is 623 g/mol. The second-order valence-electron chi connectivity index (χ2n) is 11.8. The number of aromatic nitrogens is 4. The fourth-order valence-corrected chi connectivity index (χ4v) is 6.92. The number of hydrogen-bond acceptors (Lipinski definition) is 6. The Bertz CT molecular complexity index is 1490. The van der Waals surface area contributed by atoms with E-state index in [9.17, 15) is 31.1 Å². The summed E-state index contributed by atoms with van der Waals surface area (Å²) in [6.07, 6.45) is -3.43. The highest BCUT2D eigenvalue weighted by atomic mass is 19.4. The number of hydrogen-bond donors (Lipinski definition) is 1. The lowest BCUT2D eigenvalue weighted by atomic mass is 9.91. The van der Waals surface area contributed by atoms with Gasteiger partial charge in [-0.1, -0.05) is 11.2 Å². The Morgan fingerprint density at radius 3 is 2.32 bits per heavy atom. The monoisotopic (exact) mass is 622 g/mol. The molecule has 236 valence electrons. The Hall–Kier alpha value is -3.84. The number of halogens is 6. The molecule has 14 heteroatoms. The molecule has 0 spiro atoms. The molecule has 8 nitrogen and oxygen atoms in total. The lowest BCUT2D eigenvalue weighted by Crippen LogP contribution is -2.35. The molecule has 1 amide bonds. The molecule has 3 aliphatic rings. The minimum Gasteiger partial charge on any atom is -0.446 e. The number of H-pyrrole nitrogens is 1. The maximum absolute atomic E-state index is 13.7. The lowest BCUT2D eigenvalue weighted by Gasteiger charge is -2.33. The first-order valence-electron chi connectivity index (χ1n) is 14.8. The number of anilines is 2. The first-order valence-corrected chi connectivity index (χ1v) is 14.8. The van der Waals surface area contributed by atoms with E-state index >= 15 is 0 Å². The van der Waals surface area contributed by atoms with E-state index in [0.717, 1.165) is 79.3 Å². The Morgan fingerprint density at radius 1 is 0.977 bits per heavy atom. The van der Waals surface area contributed by atoms with Crippen molar-refractivity contribution in [2.24, 2.45) is 0 Å². The van der Waals surface area contributed by atoms with E-state index in [1.165, 1.54) is 0 Å². The Kier molecular flexibility index (Phi) is 7.95. The molecule has 0 radical (unpaired) electrons. The Labute approximate surface area is 249 Å². The van der Waals surface area contributed by atoms with Gasteiger partial charge >= 0.3 is 18.4 Å². The lowest BCUT2D eigenvalue weighted by molar-refractivity contribution is -0.143. The van der Waals surface area contributed by atoms with Gasteiger partial charge in [0.05, 0.1) is 22.9 Å². The maximum atomic E-state index is 13.7. The number of nitrogens with one attached hydrogen (secondary N) is 1. The van der Waals surface area contributed by atoms with Crippen molar-refractivity contribution in [3.63, 3.8) is 0 Å². The summed E-state index contributed by atoms with van der Waals surface area (Å²) in [4.78, 5) is 16.8. The van der Waals surface area contributed by atoms with Gasteiger partial charge in [0.15, 0.2) is 0 Å². The molecule has 1 fully saturated rings. The second-order valence-corrected chi connectivity index (χ2v) is 11.8. The molecule has 1 aromatic heterocycles. The van der Waals surface area contributed by atoms with Gasteiger partial charge in [0, 0.05) is 13.1 Å². The van der Waals surface area contributed by atoms with Crippen LogP contribution in [-0.4, -0.2) is 39.4 Å². The van der Waals surface area contributed by atoms with Gasteiger partial charge < -0.3 is 9.64 Å².